The largest absolute Gasteiger partial charge is 0.167 e. The van der Waals surface area contributed by atoms with E-state index in [-0.39, 0.29) is 0 Å². The van der Waals surface area contributed by atoms with Crippen molar-refractivity contribution in [3.63, 3.8) is 0 Å². The van der Waals surface area contributed by atoms with Crippen LogP contribution in [0.3, 0.4) is 0 Å². The highest BCUT2D eigenvalue weighted by Gasteiger charge is 2.26. The number of benzene rings is 1. The molecule has 1 aromatic carbocycles. The van der Waals surface area contributed by atoms with Gasteiger partial charge in [-0.3, -0.25) is 0 Å². The van der Waals surface area contributed by atoms with Gasteiger partial charge in [-0.05, 0) is 11.1 Å². The van der Waals surface area contributed by atoms with Crippen LogP contribution in [-0.4, -0.2) is 7.38 Å². The maximum absolute atomic E-state index is 6.36. The van der Waals surface area contributed by atoms with Gasteiger partial charge in [-0.25, -0.2) is 0 Å². The SMILES string of the molecule is CC(c1ccccc1)[Si](C)(C)Cl. The van der Waals surface area contributed by atoms with Crippen molar-refractivity contribution in [2.75, 3.05) is 0 Å². The Morgan fingerprint density at radius 3 is 2.08 bits per heavy atom. The smallest absolute Gasteiger partial charge is 0.157 e. The first-order chi connectivity index (χ1) is 5.52. The van der Waals surface area contributed by atoms with Crippen LogP contribution in [0.1, 0.15) is 18.0 Å². The van der Waals surface area contributed by atoms with Crippen molar-refractivity contribution in [1.29, 1.82) is 0 Å². The Labute approximate surface area is 80.3 Å². The molecule has 1 atom stereocenters. The molecule has 0 nitrogen and oxygen atoms in total. The predicted octanol–water partition coefficient (Wildman–Crippen LogP) is 3.77. The molecule has 0 aliphatic heterocycles. The minimum Gasteiger partial charge on any atom is -0.167 e. The standard InChI is InChI=1S/C10H15ClSi/c1-9(12(2,3)11)10-7-5-4-6-8-10/h4-9H,1-3H3. The van der Waals surface area contributed by atoms with Crippen molar-refractivity contribution in [3.05, 3.63) is 35.9 Å². The average Bonchev–Trinajstić information content (AvgIpc) is 2.03. The molecule has 0 N–H and O–H groups in total. The topological polar surface area (TPSA) is 0 Å². The van der Waals surface area contributed by atoms with E-state index in [2.05, 4.69) is 44.3 Å². The molecule has 0 radical (unpaired) electrons. The molecule has 1 aromatic rings. The molecule has 0 aromatic heterocycles. The third kappa shape index (κ3) is 2.36. The van der Waals surface area contributed by atoms with Crippen molar-refractivity contribution in [2.24, 2.45) is 0 Å². The summed E-state index contributed by atoms with van der Waals surface area (Å²) in [6, 6.07) is 10.5. The molecule has 0 amide bonds. The van der Waals surface area contributed by atoms with Gasteiger partial charge in [-0.2, -0.15) is 11.1 Å². The zero-order valence-corrected chi connectivity index (χ0v) is 9.60. The Morgan fingerprint density at radius 1 is 1.17 bits per heavy atom. The molecule has 0 saturated heterocycles. The molecule has 1 unspecified atom stereocenters. The summed E-state index contributed by atoms with van der Waals surface area (Å²) in [5.74, 6) is 0. The van der Waals surface area contributed by atoms with Gasteiger partial charge < -0.3 is 0 Å². The summed E-state index contributed by atoms with van der Waals surface area (Å²) in [4.78, 5) is 0. The van der Waals surface area contributed by atoms with Crippen LogP contribution in [0.25, 0.3) is 0 Å². The fourth-order valence-corrected chi connectivity index (χ4v) is 2.50. The van der Waals surface area contributed by atoms with E-state index >= 15 is 0 Å². The summed E-state index contributed by atoms with van der Waals surface area (Å²) in [6.45, 7) is 6.59. The van der Waals surface area contributed by atoms with E-state index in [1.807, 2.05) is 6.07 Å². The zero-order chi connectivity index (χ0) is 9.19. The molecule has 0 aliphatic rings. The van der Waals surface area contributed by atoms with Crippen LogP contribution >= 0.6 is 11.1 Å². The maximum Gasteiger partial charge on any atom is 0.157 e. The Hall–Kier alpha value is -0.273. The van der Waals surface area contributed by atoms with Crippen LogP contribution in [0.4, 0.5) is 0 Å². The molecule has 66 valence electrons. The van der Waals surface area contributed by atoms with E-state index in [9.17, 15) is 0 Å². The van der Waals surface area contributed by atoms with Crippen molar-refractivity contribution < 1.29 is 0 Å². The molecule has 0 aliphatic carbocycles. The van der Waals surface area contributed by atoms with Crippen LogP contribution < -0.4 is 0 Å². The lowest BCUT2D eigenvalue weighted by molar-refractivity contribution is 1.04. The molecule has 0 bridgehead atoms. The summed E-state index contributed by atoms with van der Waals surface area (Å²) in [5.41, 5.74) is 1.89. The van der Waals surface area contributed by atoms with Crippen LogP contribution in [0, 0.1) is 0 Å². The van der Waals surface area contributed by atoms with E-state index in [1.165, 1.54) is 5.56 Å². The van der Waals surface area contributed by atoms with E-state index in [1.54, 1.807) is 0 Å². The Balaban J connectivity index is 2.86. The fourth-order valence-electron chi connectivity index (χ4n) is 1.14. The maximum atomic E-state index is 6.36. The second-order valence-corrected chi connectivity index (χ2v) is 10.6. The molecule has 0 spiro atoms. The van der Waals surface area contributed by atoms with Gasteiger partial charge in [0.1, 0.15) is 0 Å². The highest BCUT2D eigenvalue weighted by Crippen LogP contribution is 2.28. The highest BCUT2D eigenvalue weighted by atomic mass is 35.6. The van der Waals surface area contributed by atoms with E-state index in [4.69, 9.17) is 11.1 Å². The van der Waals surface area contributed by atoms with Gasteiger partial charge in [0.05, 0.1) is 0 Å². The first-order valence-electron chi connectivity index (χ1n) is 4.25. The van der Waals surface area contributed by atoms with Crippen LogP contribution in [0.2, 0.25) is 13.1 Å². The van der Waals surface area contributed by atoms with Gasteiger partial charge in [0, 0.05) is 0 Å². The molecule has 2 heteroatoms. The van der Waals surface area contributed by atoms with Crippen molar-refractivity contribution in [3.8, 4) is 0 Å². The quantitative estimate of drug-likeness (QED) is 0.502. The van der Waals surface area contributed by atoms with E-state index in [0.29, 0.717) is 5.54 Å². The highest BCUT2D eigenvalue weighted by molar-refractivity contribution is 7.19. The first-order valence-corrected chi connectivity index (χ1v) is 8.34. The average molecular weight is 199 g/mol. The second kappa shape index (κ2) is 3.63. The summed E-state index contributed by atoms with van der Waals surface area (Å²) < 4.78 is 0. The molecule has 12 heavy (non-hydrogen) atoms. The van der Waals surface area contributed by atoms with Gasteiger partial charge in [-0.1, -0.05) is 50.3 Å². The van der Waals surface area contributed by atoms with E-state index < -0.39 is 7.38 Å². The minimum absolute atomic E-state index is 0.528. The lowest BCUT2D eigenvalue weighted by Gasteiger charge is -2.22. The fraction of sp³-hybridized carbons (Fsp3) is 0.400. The van der Waals surface area contributed by atoms with Crippen LogP contribution in [0.15, 0.2) is 30.3 Å². The number of hydrogen-bond donors (Lipinski definition) is 0. The monoisotopic (exact) mass is 198 g/mol. The lowest BCUT2D eigenvalue weighted by atomic mass is 10.2. The lowest BCUT2D eigenvalue weighted by Crippen LogP contribution is -2.25. The van der Waals surface area contributed by atoms with Gasteiger partial charge in [-0.15, -0.1) is 0 Å². The summed E-state index contributed by atoms with van der Waals surface area (Å²) >= 11 is 6.36. The molecule has 0 fully saturated rings. The summed E-state index contributed by atoms with van der Waals surface area (Å²) in [5, 5.41) is 0. The third-order valence-corrected chi connectivity index (χ3v) is 5.70. The van der Waals surface area contributed by atoms with Crippen molar-refractivity contribution >= 4 is 18.5 Å². The number of hydrogen-bond acceptors (Lipinski definition) is 0. The summed E-state index contributed by atoms with van der Waals surface area (Å²) in [6.07, 6.45) is 0. The Morgan fingerprint density at radius 2 is 1.67 bits per heavy atom. The van der Waals surface area contributed by atoms with E-state index in [0.717, 1.165) is 0 Å². The van der Waals surface area contributed by atoms with Crippen molar-refractivity contribution in [1.82, 2.24) is 0 Å². The molecule has 0 saturated carbocycles. The third-order valence-electron chi connectivity index (χ3n) is 2.33. The zero-order valence-electron chi connectivity index (χ0n) is 7.84. The van der Waals surface area contributed by atoms with Gasteiger partial charge in [0.15, 0.2) is 7.38 Å². The predicted molar refractivity (Wildman–Crippen MR) is 58.2 cm³/mol. The number of rotatable bonds is 2. The Bertz CT molecular complexity index is 238. The minimum atomic E-state index is -1.53. The van der Waals surface area contributed by atoms with Gasteiger partial charge in [0.2, 0.25) is 0 Å². The molecular formula is C10H15ClSi. The molecule has 1 rings (SSSR count). The molecule has 0 heterocycles. The molecular weight excluding hydrogens is 184 g/mol. The Kier molecular flexibility index (Phi) is 2.97. The van der Waals surface area contributed by atoms with Crippen molar-refractivity contribution in [2.45, 2.75) is 25.6 Å². The van der Waals surface area contributed by atoms with Crippen LogP contribution in [-0.2, 0) is 0 Å². The second-order valence-electron chi connectivity index (χ2n) is 3.70. The van der Waals surface area contributed by atoms with Gasteiger partial charge in [0.25, 0.3) is 0 Å². The first kappa shape index (κ1) is 9.81. The van der Waals surface area contributed by atoms with Crippen LogP contribution in [0.5, 0.6) is 0 Å². The van der Waals surface area contributed by atoms with Gasteiger partial charge >= 0.3 is 0 Å². The summed E-state index contributed by atoms with van der Waals surface area (Å²) in [7, 11) is -1.53. The number of halogens is 1. The normalized spacial score (nSPS) is 14.3.